The van der Waals surface area contributed by atoms with Gasteiger partial charge < -0.3 is 20.3 Å². The second-order valence-electron chi connectivity index (χ2n) is 5.91. The SMILES string of the molecule is O=C(NCc1nc2ccc(Cl)cc2[nH]1)N1CCN(CCCO)CC1. The minimum atomic E-state index is -0.0738. The lowest BCUT2D eigenvalue weighted by Gasteiger charge is -2.34. The number of amides is 2. The first kappa shape index (κ1) is 17.0. The number of piperazine rings is 1. The Hall–Kier alpha value is -1.83. The number of nitrogens with zero attached hydrogens (tertiary/aromatic N) is 3. The van der Waals surface area contributed by atoms with Crippen molar-refractivity contribution in [3.8, 4) is 0 Å². The van der Waals surface area contributed by atoms with Gasteiger partial charge in [0.25, 0.3) is 0 Å². The number of halogens is 1. The van der Waals surface area contributed by atoms with Crippen LogP contribution in [0, 0.1) is 0 Å². The van der Waals surface area contributed by atoms with Gasteiger partial charge in [-0.05, 0) is 24.6 Å². The fraction of sp³-hybridized carbons (Fsp3) is 0.500. The summed E-state index contributed by atoms with van der Waals surface area (Å²) in [6.07, 6.45) is 0.780. The number of fused-ring (bicyclic) bond motifs is 1. The number of carbonyl (C=O) groups is 1. The standard InChI is InChI=1S/C16H22ClN5O2/c17-12-2-3-13-14(10-12)20-15(19-13)11-18-16(24)22-7-5-21(6-8-22)4-1-9-23/h2-3,10,23H,1,4-9,11H2,(H,18,24)(H,19,20). The van der Waals surface area contributed by atoms with Crippen LogP contribution in [0.1, 0.15) is 12.2 Å². The molecule has 0 spiro atoms. The Bertz CT molecular complexity index is 697. The number of nitrogens with one attached hydrogen (secondary N) is 2. The van der Waals surface area contributed by atoms with Crippen LogP contribution in [0.5, 0.6) is 0 Å². The van der Waals surface area contributed by atoms with E-state index >= 15 is 0 Å². The number of imidazole rings is 1. The third kappa shape index (κ3) is 4.17. The molecule has 1 aliphatic heterocycles. The summed E-state index contributed by atoms with van der Waals surface area (Å²) in [5.74, 6) is 0.710. The Labute approximate surface area is 145 Å². The second-order valence-corrected chi connectivity index (χ2v) is 6.35. The van der Waals surface area contributed by atoms with E-state index in [0.29, 0.717) is 30.5 Å². The summed E-state index contributed by atoms with van der Waals surface area (Å²) in [6, 6.07) is 5.39. The van der Waals surface area contributed by atoms with Crippen molar-refractivity contribution in [3.63, 3.8) is 0 Å². The maximum atomic E-state index is 12.3. The first-order valence-electron chi connectivity index (χ1n) is 8.16. The Morgan fingerprint density at radius 3 is 2.88 bits per heavy atom. The van der Waals surface area contributed by atoms with Gasteiger partial charge in [-0.1, -0.05) is 11.6 Å². The summed E-state index contributed by atoms with van der Waals surface area (Å²) < 4.78 is 0. The molecule has 2 aromatic rings. The minimum absolute atomic E-state index is 0.0738. The van der Waals surface area contributed by atoms with Gasteiger partial charge in [0.1, 0.15) is 5.82 Å². The number of aliphatic hydroxyl groups is 1. The van der Waals surface area contributed by atoms with Crippen molar-refractivity contribution in [1.29, 1.82) is 0 Å². The van der Waals surface area contributed by atoms with Crippen LogP contribution in [-0.4, -0.2) is 70.2 Å². The maximum Gasteiger partial charge on any atom is 0.317 e. The third-order valence-corrected chi connectivity index (χ3v) is 4.43. The van der Waals surface area contributed by atoms with Crippen LogP contribution in [0.15, 0.2) is 18.2 Å². The van der Waals surface area contributed by atoms with Gasteiger partial charge >= 0.3 is 6.03 Å². The van der Waals surface area contributed by atoms with Gasteiger partial charge in [0.2, 0.25) is 0 Å². The molecule has 1 aliphatic rings. The largest absolute Gasteiger partial charge is 0.396 e. The maximum absolute atomic E-state index is 12.3. The third-order valence-electron chi connectivity index (χ3n) is 4.19. The first-order chi connectivity index (χ1) is 11.7. The molecular formula is C16H22ClN5O2. The highest BCUT2D eigenvalue weighted by molar-refractivity contribution is 6.31. The monoisotopic (exact) mass is 351 g/mol. The average Bonchev–Trinajstić information content (AvgIpc) is 3.00. The van der Waals surface area contributed by atoms with Gasteiger partial charge in [-0.25, -0.2) is 9.78 Å². The fourth-order valence-electron chi connectivity index (χ4n) is 2.86. The lowest BCUT2D eigenvalue weighted by molar-refractivity contribution is 0.132. The molecule has 0 unspecified atom stereocenters. The van der Waals surface area contributed by atoms with E-state index in [2.05, 4.69) is 20.2 Å². The zero-order valence-corrected chi connectivity index (χ0v) is 14.2. The van der Waals surface area contributed by atoms with E-state index in [1.54, 1.807) is 6.07 Å². The van der Waals surface area contributed by atoms with E-state index < -0.39 is 0 Å². The highest BCUT2D eigenvalue weighted by Gasteiger charge is 2.20. The fourth-order valence-corrected chi connectivity index (χ4v) is 3.03. The molecule has 0 bridgehead atoms. The van der Waals surface area contributed by atoms with Gasteiger partial charge in [0.05, 0.1) is 17.6 Å². The number of benzene rings is 1. The molecule has 0 radical (unpaired) electrons. The van der Waals surface area contributed by atoms with Crippen LogP contribution in [0.4, 0.5) is 4.79 Å². The quantitative estimate of drug-likeness (QED) is 0.760. The number of rotatable bonds is 5. The summed E-state index contributed by atoms with van der Waals surface area (Å²) in [4.78, 5) is 23.9. The zero-order valence-electron chi connectivity index (χ0n) is 13.5. The molecule has 8 heteroatoms. The van der Waals surface area contributed by atoms with Crippen LogP contribution in [0.3, 0.4) is 0 Å². The van der Waals surface area contributed by atoms with Crippen molar-refractivity contribution in [2.45, 2.75) is 13.0 Å². The zero-order chi connectivity index (χ0) is 16.9. The Morgan fingerprint density at radius 1 is 1.33 bits per heavy atom. The van der Waals surface area contributed by atoms with E-state index in [-0.39, 0.29) is 12.6 Å². The van der Waals surface area contributed by atoms with Crippen molar-refractivity contribution in [2.75, 3.05) is 39.3 Å². The summed E-state index contributed by atoms with van der Waals surface area (Å²) in [5, 5.41) is 12.4. The van der Waals surface area contributed by atoms with Crippen molar-refractivity contribution >= 4 is 28.7 Å². The molecule has 1 saturated heterocycles. The van der Waals surface area contributed by atoms with Crippen LogP contribution >= 0.6 is 11.6 Å². The molecule has 130 valence electrons. The van der Waals surface area contributed by atoms with Gasteiger partial charge in [0.15, 0.2) is 0 Å². The van der Waals surface area contributed by atoms with Crippen LogP contribution < -0.4 is 5.32 Å². The molecule has 0 atom stereocenters. The van der Waals surface area contributed by atoms with Crippen LogP contribution in [0.25, 0.3) is 11.0 Å². The molecule has 1 aromatic heterocycles. The topological polar surface area (TPSA) is 84.5 Å². The molecule has 1 aromatic carbocycles. The number of H-pyrrole nitrogens is 1. The van der Waals surface area contributed by atoms with E-state index in [9.17, 15) is 4.79 Å². The molecule has 7 nitrogen and oxygen atoms in total. The highest BCUT2D eigenvalue weighted by Crippen LogP contribution is 2.17. The number of urea groups is 1. The van der Waals surface area contributed by atoms with Crippen molar-refractivity contribution in [2.24, 2.45) is 0 Å². The normalized spacial score (nSPS) is 15.8. The van der Waals surface area contributed by atoms with Gasteiger partial charge in [0, 0.05) is 44.4 Å². The van der Waals surface area contributed by atoms with Gasteiger partial charge in [-0.3, -0.25) is 4.90 Å². The lowest BCUT2D eigenvalue weighted by Crippen LogP contribution is -2.51. The number of hydrogen-bond acceptors (Lipinski definition) is 4. The summed E-state index contributed by atoms with van der Waals surface area (Å²) in [6.45, 7) is 4.54. The molecule has 1 fully saturated rings. The number of hydrogen-bond donors (Lipinski definition) is 3. The molecule has 2 amide bonds. The van der Waals surface area contributed by atoms with Crippen molar-refractivity contribution in [3.05, 3.63) is 29.0 Å². The molecule has 0 saturated carbocycles. The van der Waals surface area contributed by atoms with E-state index in [4.69, 9.17) is 16.7 Å². The average molecular weight is 352 g/mol. The van der Waals surface area contributed by atoms with Crippen LogP contribution in [-0.2, 0) is 6.54 Å². The molecule has 3 rings (SSSR count). The van der Waals surface area contributed by atoms with E-state index in [1.165, 1.54) is 0 Å². The molecule has 0 aliphatic carbocycles. The molecule has 3 N–H and O–H groups in total. The number of carbonyl (C=O) groups excluding carboxylic acids is 1. The predicted molar refractivity (Wildman–Crippen MR) is 93.1 cm³/mol. The predicted octanol–water partition coefficient (Wildman–Crippen LogP) is 1.43. The lowest BCUT2D eigenvalue weighted by atomic mass is 10.3. The first-order valence-corrected chi connectivity index (χ1v) is 8.53. The van der Waals surface area contributed by atoms with Crippen molar-refractivity contribution < 1.29 is 9.90 Å². The van der Waals surface area contributed by atoms with Crippen LogP contribution in [0.2, 0.25) is 5.02 Å². The summed E-state index contributed by atoms with van der Waals surface area (Å²) in [5.41, 5.74) is 1.70. The molecule has 2 heterocycles. The molecule has 24 heavy (non-hydrogen) atoms. The molecular weight excluding hydrogens is 330 g/mol. The summed E-state index contributed by atoms with van der Waals surface area (Å²) >= 11 is 5.96. The van der Waals surface area contributed by atoms with E-state index in [0.717, 1.165) is 37.1 Å². The summed E-state index contributed by atoms with van der Waals surface area (Å²) in [7, 11) is 0. The number of aromatic nitrogens is 2. The second kappa shape index (κ2) is 7.83. The number of aromatic amines is 1. The Kier molecular flexibility index (Phi) is 5.55. The Balaban J connectivity index is 1.48. The van der Waals surface area contributed by atoms with Crippen molar-refractivity contribution in [1.82, 2.24) is 25.1 Å². The number of aliphatic hydroxyl groups excluding tert-OH is 1. The Morgan fingerprint density at radius 2 is 2.12 bits per heavy atom. The van der Waals surface area contributed by atoms with Gasteiger partial charge in [-0.2, -0.15) is 0 Å². The highest BCUT2D eigenvalue weighted by atomic mass is 35.5. The van der Waals surface area contributed by atoms with E-state index in [1.807, 2.05) is 17.0 Å². The smallest absolute Gasteiger partial charge is 0.317 e. The van der Waals surface area contributed by atoms with Gasteiger partial charge in [-0.15, -0.1) is 0 Å². The minimum Gasteiger partial charge on any atom is -0.396 e.